The third-order valence-electron chi connectivity index (χ3n) is 4.31. The first-order valence-electron chi connectivity index (χ1n) is 7.72. The van der Waals surface area contributed by atoms with Crippen LogP contribution in [0.4, 0.5) is 0 Å². The Kier molecular flexibility index (Phi) is 5.22. The minimum atomic E-state index is -0.859. The maximum atomic E-state index is 12.9. The predicted molar refractivity (Wildman–Crippen MR) is 77.8 cm³/mol. The molecular formula is C15H26N2O4. The highest BCUT2D eigenvalue weighted by Crippen LogP contribution is 2.30. The van der Waals surface area contributed by atoms with Gasteiger partial charge in [0.25, 0.3) is 5.91 Å². The maximum Gasteiger partial charge on any atom is 0.256 e. The van der Waals surface area contributed by atoms with Crippen LogP contribution in [-0.2, 0) is 19.1 Å². The van der Waals surface area contributed by atoms with E-state index < -0.39 is 5.60 Å². The van der Waals surface area contributed by atoms with Crippen molar-refractivity contribution in [1.29, 1.82) is 0 Å². The molecule has 1 atom stereocenters. The second kappa shape index (κ2) is 6.75. The van der Waals surface area contributed by atoms with Gasteiger partial charge in [-0.2, -0.15) is 0 Å². The topological polar surface area (TPSA) is 59.1 Å². The summed E-state index contributed by atoms with van der Waals surface area (Å²) < 4.78 is 10.8. The Balaban J connectivity index is 2.18. The summed E-state index contributed by atoms with van der Waals surface area (Å²) in [7, 11) is 1.51. The number of rotatable bonds is 3. The summed E-state index contributed by atoms with van der Waals surface area (Å²) in [5, 5.41) is 0. The van der Waals surface area contributed by atoms with Gasteiger partial charge in [0.2, 0.25) is 5.91 Å². The van der Waals surface area contributed by atoms with Crippen LogP contribution in [0.5, 0.6) is 0 Å². The Hall–Kier alpha value is -1.14. The molecular weight excluding hydrogens is 272 g/mol. The molecule has 0 saturated carbocycles. The second-order valence-electron chi connectivity index (χ2n) is 6.14. The lowest BCUT2D eigenvalue weighted by Crippen LogP contribution is -2.62. The fourth-order valence-electron chi connectivity index (χ4n) is 3.15. The quantitative estimate of drug-likeness (QED) is 0.768. The van der Waals surface area contributed by atoms with E-state index in [1.165, 1.54) is 7.11 Å². The molecule has 2 rings (SSSR count). The van der Waals surface area contributed by atoms with E-state index in [0.29, 0.717) is 26.1 Å². The van der Waals surface area contributed by atoms with E-state index in [-0.39, 0.29) is 24.5 Å². The van der Waals surface area contributed by atoms with Crippen LogP contribution in [0, 0.1) is 0 Å². The third-order valence-corrected chi connectivity index (χ3v) is 4.31. The van der Waals surface area contributed by atoms with Crippen molar-refractivity contribution in [2.45, 2.75) is 44.8 Å². The molecule has 2 aliphatic heterocycles. The van der Waals surface area contributed by atoms with Crippen LogP contribution in [0.3, 0.4) is 0 Å². The normalized spacial score (nSPS) is 27.3. The van der Waals surface area contributed by atoms with Crippen LogP contribution in [0.15, 0.2) is 0 Å². The molecule has 0 aromatic rings. The van der Waals surface area contributed by atoms with Gasteiger partial charge in [0.15, 0.2) is 5.60 Å². The van der Waals surface area contributed by atoms with Gasteiger partial charge in [0.1, 0.15) is 6.61 Å². The lowest BCUT2D eigenvalue weighted by molar-refractivity contribution is -0.176. The van der Waals surface area contributed by atoms with Crippen LogP contribution < -0.4 is 0 Å². The SMILES string of the molecule is COCC(=O)N1CCOC2(CCCCN(C(C)C)C2=O)C1. The minimum absolute atomic E-state index is 0.0323. The molecule has 2 heterocycles. The highest BCUT2D eigenvalue weighted by atomic mass is 16.5. The molecule has 0 N–H and O–H groups in total. The minimum Gasteiger partial charge on any atom is -0.375 e. The largest absolute Gasteiger partial charge is 0.375 e. The van der Waals surface area contributed by atoms with Crippen molar-refractivity contribution in [2.24, 2.45) is 0 Å². The van der Waals surface area contributed by atoms with Crippen molar-refractivity contribution < 1.29 is 19.1 Å². The van der Waals surface area contributed by atoms with Gasteiger partial charge < -0.3 is 19.3 Å². The molecule has 2 fully saturated rings. The number of likely N-dealkylation sites (tertiary alicyclic amines) is 1. The molecule has 1 unspecified atom stereocenters. The van der Waals surface area contributed by atoms with Crippen LogP contribution in [0.25, 0.3) is 0 Å². The molecule has 2 amide bonds. The highest BCUT2D eigenvalue weighted by molar-refractivity contribution is 5.87. The number of carbonyl (C=O) groups excluding carboxylic acids is 2. The summed E-state index contributed by atoms with van der Waals surface area (Å²) in [6, 6.07) is 0.154. The van der Waals surface area contributed by atoms with E-state index in [9.17, 15) is 9.59 Å². The van der Waals surface area contributed by atoms with E-state index in [1.807, 2.05) is 18.7 Å². The Morgan fingerprint density at radius 2 is 2.14 bits per heavy atom. The van der Waals surface area contributed by atoms with Crippen molar-refractivity contribution in [3.8, 4) is 0 Å². The van der Waals surface area contributed by atoms with Gasteiger partial charge in [-0.05, 0) is 33.1 Å². The smallest absolute Gasteiger partial charge is 0.256 e. The first kappa shape index (κ1) is 16.2. The number of hydrogen-bond donors (Lipinski definition) is 0. The number of nitrogens with zero attached hydrogens (tertiary/aromatic N) is 2. The van der Waals surface area contributed by atoms with Crippen LogP contribution >= 0.6 is 0 Å². The van der Waals surface area contributed by atoms with Gasteiger partial charge in [-0.25, -0.2) is 0 Å². The molecule has 120 valence electrons. The number of amides is 2. The Bertz CT molecular complexity index is 399. The van der Waals surface area contributed by atoms with Gasteiger partial charge in [0, 0.05) is 26.2 Å². The summed E-state index contributed by atoms with van der Waals surface area (Å²) in [6.07, 6.45) is 2.62. The van der Waals surface area contributed by atoms with E-state index in [2.05, 4.69) is 0 Å². The summed E-state index contributed by atoms with van der Waals surface area (Å²) in [6.45, 7) is 6.15. The summed E-state index contributed by atoms with van der Waals surface area (Å²) in [5.41, 5.74) is -0.859. The molecule has 0 aliphatic carbocycles. The first-order chi connectivity index (χ1) is 10.00. The predicted octanol–water partition coefficient (Wildman–Crippen LogP) is 0.651. The molecule has 21 heavy (non-hydrogen) atoms. The Morgan fingerprint density at radius 1 is 1.38 bits per heavy atom. The lowest BCUT2D eigenvalue weighted by Gasteiger charge is -2.43. The van der Waals surface area contributed by atoms with E-state index in [0.717, 1.165) is 19.4 Å². The number of ether oxygens (including phenoxy) is 2. The summed E-state index contributed by atoms with van der Waals surface area (Å²) in [4.78, 5) is 28.6. The standard InChI is InChI=1S/C15H26N2O4/c1-12(2)17-7-5-4-6-15(14(17)19)11-16(8-9-21-15)13(18)10-20-3/h12H,4-11H2,1-3H3. The maximum absolute atomic E-state index is 12.9. The molecule has 0 aromatic carbocycles. The monoisotopic (exact) mass is 298 g/mol. The highest BCUT2D eigenvalue weighted by Gasteiger charge is 2.48. The van der Waals surface area contributed by atoms with Crippen LogP contribution in [0.2, 0.25) is 0 Å². The van der Waals surface area contributed by atoms with Crippen molar-refractivity contribution in [3.05, 3.63) is 0 Å². The third kappa shape index (κ3) is 3.37. The fourth-order valence-corrected chi connectivity index (χ4v) is 3.15. The number of morpholine rings is 1. The van der Waals surface area contributed by atoms with Gasteiger partial charge in [-0.3, -0.25) is 9.59 Å². The van der Waals surface area contributed by atoms with E-state index >= 15 is 0 Å². The zero-order valence-electron chi connectivity index (χ0n) is 13.3. The Labute approximate surface area is 126 Å². The van der Waals surface area contributed by atoms with Crippen molar-refractivity contribution in [3.63, 3.8) is 0 Å². The van der Waals surface area contributed by atoms with E-state index in [1.54, 1.807) is 4.90 Å². The van der Waals surface area contributed by atoms with Crippen molar-refractivity contribution in [2.75, 3.05) is 40.0 Å². The van der Waals surface area contributed by atoms with Gasteiger partial charge in [0.05, 0.1) is 13.2 Å². The van der Waals surface area contributed by atoms with Crippen LogP contribution in [0.1, 0.15) is 33.1 Å². The first-order valence-corrected chi connectivity index (χ1v) is 7.72. The van der Waals surface area contributed by atoms with Crippen molar-refractivity contribution in [1.82, 2.24) is 9.80 Å². The van der Waals surface area contributed by atoms with Crippen molar-refractivity contribution >= 4 is 11.8 Å². The van der Waals surface area contributed by atoms with E-state index in [4.69, 9.17) is 9.47 Å². The number of methoxy groups -OCH3 is 1. The Morgan fingerprint density at radius 3 is 2.81 bits per heavy atom. The van der Waals surface area contributed by atoms with Gasteiger partial charge in [-0.1, -0.05) is 0 Å². The lowest BCUT2D eigenvalue weighted by atomic mass is 9.93. The zero-order valence-corrected chi connectivity index (χ0v) is 13.3. The molecule has 2 aliphatic rings. The number of carbonyl (C=O) groups is 2. The fraction of sp³-hybridized carbons (Fsp3) is 0.867. The number of hydrogen-bond acceptors (Lipinski definition) is 4. The molecule has 6 nitrogen and oxygen atoms in total. The zero-order chi connectivity index (χ0) is 15.5. The summed E-state index contributed by atoms with van der Waals surface area (Å²) in [5.74, 6) is -0.0433. The average Bonchev–Trinajstić information content (AvgIpc) is 2.60. The average molecular weight is 298 g/mol. The molecule has 6 heteroatoms. The van der Waals surface area contributed by atoms with Crippen LogP contribution in [-0.4, -0.2) is 73.2 Å². The molecule has 1 spiro atoms. The van der Waals surface area contributed by atoms with Gasteiger partial charge >= 0.3 is 0 Å². The molecule has 2 saturated heterocycles. The molecule has 0 aromatic heterocycles. The van der Waals surface area contributed by atoms with Gasteiger partial charge in [-0.15, -0.1) is 0 Å². The summed E-state index contributed by atoms with van der Waals surface area (Å²) >= 11 is 0. The molecule has 0 bridgehead atoms. The second-order valence-corrected chi connectivity index (χ2v) is 6.14. The molecule has 0 radical (unpaired) electrons.